The van der Waals surface area contributed by atoms with Gasteiger partial charge in [-0.15, -0.1) is 10.2 Å². The second-order valence-corrected chi connectivity index (χ2v) is 12.9. The van der Waals surface area contributed by atoms with E-state index in [9.17, 15) is 9.59 Å². The van der Waals surface area contributed by atoms with Crippen molar-refractivity contribution in [3.63, 3.8) is 0 Å². The fraction of sp³-hybridized carbons (Fsp3) is 0.667. The molecular weight excluding hydrogens is 586 g/mol. The molecule has 8 nitrogen and oxygen atoms in total. The van der Waals surface area contributed by atoms with Crippen LogP contribution < -0.4 is 5.32 Å². The highest BCUT2D eigenvalue weighted by Crippen LogP contribution is 2.22. The molecule has 2 aromatic heterocycles. The van der Waals surface area contributed by atoms with Crippen LogP contribution in [-0.2, 0) is 27.2 Å². The molecule has 3 aromatic rings. The molecule has 1 amide bonds. The van der Waals surface area contributed by atoms with Crippen LogP contribution in [0.25, 0.3) is 5.65 Å². The lowest BCUT2D eigenvalue weighted by Gasteiger charge is -2.15. The maximum atomic E-state index is 12.9. The van der Waals surface area contributed by atoms with Gasteiger partial charge in [-0.25, -0.2) is 4.52 Å². The number of carbonyl (C=O) groups excluding carboxylic acids is 2. The molecule has 1 atom stereocenters. The van der Waals surface area contributed by atoms with Gasteiger partial charge in [0.2, 0.25) is 5.91 Å². The van der Waals surface area contributed by atoms with Crippen molar-refractivity contribution in [1.82, 2.24) is 19.8 Å². The smallest absolute Gasteiger partial charge is 0.305 e. The Balaban J connectivity index is 1.18. The van der Waals surface area contributed by atoms with Gasteiger partial charge >= 0.3 is 5.97 Å². The molecule has 9 heteroatoms. The van der Waals surface area contributed by atoms with E-state index in [1.54, 1.807) is 0 Å². The van der Waals surface area contributed by atoms with Crippen LogP contribution >= 0.6 is 11.6 Å². The van der Waals surface area contributed by atoms with E-state index in [2.05, 4.69) is 46.6 Å². The minimum atomic E-state index is -0.0314. The molecule has 2 N–H and O–H groups in total. The van der Waals surface area contributed by atoms with Crippen molar-refractivity contribution >= 4 is 34.8 Å². The number of halogens is 1. The number of aryl methyl sites for hydroxylation is 3. The van der Waals surface area contributed by atoms with Crippen molar-refractivity contribution in [2.24, 2.45) is 5.92 Å². The maximum absolute atomic E-state index is 12.9. The number of aromatic amines is 1. The Hall–Kier alpha value is -2.87. The predicted octanol–water partition coefficient (Wildman–Crippen LogP) is 9.57. The van der Waals surface area contributed by atoms with Gasteiger partial charge in [0.25, 0.3) is 0 Å². The van der Waals surface area contributed by atoms with E-state index in [1.807, 2.05) is 23.6 Å². The zero-order valence-corrected chi connectivity index (χ0v) is 28.7. The SMILES string of the molecule is CCCCOC(=O)CCCCCCCCCCCCCCC(CC)C(=O)Nc1ccc(CCc2nnc3c(Cl)c(C)[nH]n23)cc1. The van der Waals surface area contributed by atoms with Gasteiger partial charge in [0.15, 0.2) is 11.5 Å². The van der Waals surface area contributed by atoms with E-state index in [0.717, 1.165) is 75.0 Å². The monoisotopic (exact) mass is 641 g/mol. The van der Waals surface area contributed by atoms with Crippen molar-refractivity contribution in [2.45, 2.75) is 143 Å². The number of unbranched alkanes of at least 4 members (excludes halogenated alkanes) is 12. The predicted molar refractivity (Wildman–Crippen MR) is 184 cm³/mol. The normalized spacial score (nSPS) is 12.1. The van der Waals surface area contributed by atoms with Crippen LogP contribution in [0.1, 0.15) is 140 Å². The molecule has 0 saturated carbocycles. The summed E-state index contributed by atoms with van der Waals surface area (Å²) < 4.78 is 7.05. The van der Waals surface area contributed by atoms with Gasteiger partial charge in [0, 0.05) is 24.4 Å². The molecule has 1 aromatic carbocycles. The number of amides is 1. The number of anilines is 1. The van der Waals surface area contributed by atoms with Gasteiger partial charge in [0.05, 0.1) is 12.3 Å². The Labute approximate surface area is 275 Å². The third kappa shape index (κ3) is 13.2. The Morgan fingerprint density at radius 1 is 0.867 bits per heavy atom. The lowest BCUT2D eigenvalue weighted by atomic mass is 9.96. The lowest BCUT2D eigenvalue weighted by molar-refractivity contribution is -0.143. The van der Waals surface area contributed by atoms with Crippen LogP contribution in [0, 0.1) is 12.8 Å². The second kappa shape index (κ2) is 21.0. The number of hydrogen-bond acceptors (Lipinski definition) is 5. The standard InChI is InChI=1S/C36H56ClN5O3/c1-4-6-27-45-33(43)20-18-16-14-12-10-8-7-9-11-13-15-17-19-30(5-2)36(44)38-31-24-21-29(22-25-31)23-26-32-39-40-35-34(37)28(3)41-42(32)35/h21-22,24-25,30,41H,4-20,23,26-27H2,1-3H3,(H,38,44). The molecule has 0 spiro atoms. The first-order chi connectivity index (χ1) is 21.9. The van der Waals surface area contributed by atoms with Crippen molar-refractivity contribution in [2.75, 3.05) is 11.9 Å². The van der Waals surface area contributed by atoms with Crippen LogP contribution in [0.4, 0.5) is 5.69 Å². The quantitative estimate of drug-likeness (QED) is 0.0749. The maximum Gasteiger partial charge on any atom is 0.305 e. The zero-order chi connectivity index (χ0) is 32.3. The number of esters is 1. The lowest BCUT2D eigenvalue weighted by Crippen LogP contribution is -2.22. The van der Waals surface area contributed by atoms with Gasteiger partial charge in [-0.05, 0) is 56.7 Å². The van der Waals surface area contributed by atoms with Crippen molar-refractivity contribution in [3.8, 4) is 0 Å². The van der Waals surface area contributed by atoms with Crippen LogP contribution in [0.3, 0.4) is 0 Å². The van der Waals surface area contributed by atoms with Crippen molar-refractivity contribution in [3.05, 3.63) is 46.4 Å². The number of carbonyl (C=O) groups is 2. The topological polar surface area (TPSA) is 101 Å². The highest BCUT2D eigenvalue weighted by atomic mass is 35.5. The number of benzene rings is 1. The van der Waals surface area contributed by atoms with Gasteiger partial charge in [0.1, 0.15) is 5.02 Å². The van der Waals surface area contributed by atoms with Crippen LogP contribution in [-0.4, -0.2) is 38.3 Å². The Kier molecular flexibility index (Phi) is 17.1. The molecule has 0 radical (unpaired) electrons. The Morgan fingerprint density at radius 3 is 2.11 bits per heavy atom. The zero-order valence-electron chi connectivity index (χ0n) is 28.0. The van der Waals surface area contributed by atoms with Gasteiger partial charge in [-0.2, -0.15) is 0 Å². The summed E-state index contributed by atoms with van der Waals surface area (Å²) in [5.41, 5.74) is 3.58. The van der Waals surface area contributed by atoms with Crippen molar-refractivity contribution < 1.29 is 14.3 Å². The summed E-state index contributed by atoms with van der Waals surface area (Å²) >= 11 is 6.26. The molecule has 250 valence electrons. The fourth-order valence-corrected chi connectivity index (χ4v) is 5.89. The summed E-state index contributed by atoms with van der Waals surface area (Å²) in [6, 6.07) is 8.11. The molecule has 0 fully saturated rings. The molecule has 0 saturated heterocycles. The second-order valence-electron chi connectivity index (χ2n) is 12.5. The first kappa shape index (κ1) is 36.6. The Morgan fingerprint density at radius 2 is 1.49 bits per heavy atom. The number of aromatic nitrogens is 4. The minimum Gasteiger partial charge on any atom is -0.466 e. The summed E-state index contributed by atoms with van der Waals surface area (Å²) in [4.78, 5) is 24.5. The molecule has 45 heavy (non-hydrogen) atoms. The van der Waals surface area contributed by atoms with E-state index >= 15 is 0 Å². The van der Waals surface area contributed by atoms with Crippen LogP contribution in [0.2, 0.25) is 5.02 Å². The molecule has 0 aliphatic heterocycles. The highest BCUT2D eigenvalue weighted by Gasteiger charge is 2.17. The van der Waals surface area contributed by atoms with Crippen LogP contribution in [0.15, 0.2) is 24.3 Å². The third-order valence-corrected chi connectivity index (χ3v) is 9.15. The molecule has 0 bridgehead atoms. The number of fused-ring (bicyclic) bond motifs is 1. The highest BCUT2D eigenvalue weighted by molar-refractivity contribution is 6.34. The van der Waals surface area contributed by atoms with Gasteiger partial charge < -0.3 is 10.1 Å². The van der Waals surface area contributed by atoms with Gasteiger partial charge in [-0.1, -0.05) is 115 Å². The summed E-state index contributed by atoms with van der Waals surface area (Å²) in [6.07, 6.45) is 20.6. The molecule has 0 aliphatic carbocycles. The largest absolute Gasteiger partial charge is 0.466 e. The summed E-state index contributed by atoms with van der Waals surface area (Å²) in [6.45, 7) is 6.71. The third-order valence-electron chi connectivity index (χ3n) is 8.70. The van der Waals surface area contributed by atoms with E-state index in [-0.39, 0.29) is 17.8 Å². The van der Waals surface area contributed by atoms with E-state index < -0.39 is 0 Å². The van der Waals surface area contributed by atoms with Gasteiger partial charge in [-0.3, -0.25) is 14.7 Å². The number of nitrogens with one attached hydrogen (secondary N) is 2. The molecular formula is C36H56ClN5O3. The van der Waals surface area contributed by atoms with Crippen LogP contribution in [0.5, 0.6) is 0 Å². The summed E-state index contributed by atoms with van der Waals surface area (Å²) in [7, 11) is 0. The Bertz CT molecular complexity index is 1270. The van der Waals surface area contributed by atoms with Crippen molar-refractivity contribution in [1.29, 1.82) is 0 Å². The molecule has 1 unspecified atom stereocenters. The number of H-pyrrole nitrogens is 1. The molecule has 2 heterocycles. The number of nitrogens with zero attached hydrogens (tertiary/aromatic N) is 3. The number of hydrogen-bond donors (Lipinski definition) is 2. The minimum absolute atomic E-state index is 0.0314. The summed E-state index contributed by atoms with van der Waals surface area (Å²) in [5.74, 6) is 1.00. The first-order valence-electron chi connectivity index (χ1n) is 17.6. The average Bonchev–Trinajstić information content (AvgIpc) is 3.56. The molecule has 3 rings (SSSR count). The fourth-order valence-electron chi connectivity index (χ4n) is 5.73. The summed E-state index contributed by atoms with van der Waals surface area (Å²) in [5, 5.41) is 15.4. The first-order valence-corrected chi connectivity index (χ1v) is 17.9. The van der Waals surface area contributed by atoms with E-state index in [4.69, 9.17) is 16.3 Å². The van der Waals surface area contributed by atoms with E-state index in [0.29, 0.717) is 23.7 Å². The average molecular weight is 642 g/mol. The molecule has 0 aliphatic rings. The van der Waals surface area contributed by atoms with E-state index in [1.165, 1.54) is 63.4 Å². The number of ether oxygens (including phenoxy) is 1. The number of rotatable bonds is 24.